The van der Waals surface area contributed by atoms with Gasteiger partial charge in [-0.3, -0.25) is 9.69 Å². The van der Waals surface area contributed by atoms with Crippen molar-refractivity contribution in [3.8, 4) is 28.1 Å². The molecule has 1 aromatic heterocycles. The highest BCUT2D eigenvalue weighted by Crippen LogP contribution is 2.40. The zero-order chi connectivity index (χ0) is 28.3. The number of fused-ring (bicyclic) bond motifs is 1. The molecule has 1 saturated heterocycles. The minimum Gasteiger partial charge on any atom is -0.465 e. The Morgan fingerprint density at radius 3 is 2.55 bits per heavy atom. The quantitative estimate of drug-likeness (QED) is 0.376. The molecule has 3 aromatic rings. The fourth-order valence-corrected chi connectivity index (χ4v) is 5.21. The normalized spacial score (nSPS) is 17.7. The molecule has 2 aliphatic heterocycles. The Bertz CT molecular complexity index is 1370. The minimum absolute atomic E-state index is 0.162. The van der Waals surface area contributed by atoms with Crippen molar-refractivity contribution in [3.63, 3.8) is 0 Å². The maximum atomic E-state index is 13.0. The molecule has 0 aliphatic carbocycles. The van der Waals surface area contributed by atoms with Crippen LogP contribution in [0.2, 0.25) is 0 Å². The van der Waals surface area contributed by atoms with E-state index in [1.807, 2.05) is 28.8 Å². The number of hydrogen-bond donors (Lipinski definition) is 3. The highest BCUT2D eigenvalue weighted by atomic mass is 19.4. The summed E-state index contributed by atoms with van der Waals surface area (Å²) in [6.07, 6.45) is -5.60. The number of hydrogen-bond acceptors (Lipinski definition) is 5. The van der Waals surface area contributed by atoms with Crippen LogP contribution >= 0.6 is 0 Å². The Balaban J connectivity index is 1.56. The van der Waals surface area contributed by atoms with Crippen LogP contribution in [-0.4, -0.2) is 72.3 Å². The predicted octanol–water partition coefficient (Wildman–Crippen LogP) is 4.50. The molecular formula is C28H29F3N4O5. The summed E-state index contributed by atoms with van der Waals surface area (Å²) in [6, 6.07) is 14.9. The number of nitrogens with zero attached hydrogens (tertiary/aromatic N) is 2. The van der Waals surface area contributed by atoms with Gasteiger partial charge in [0.1, 0.15) is 11.4 Å². The Labute approximate surface area is 228 Å². The monoisotopic (exact) mass is 558 g/mol. The third-order valence-electron chi connectivity index (χ3n) is 7.00. The van der Waals surface area contributed by atoms with E-state index in [4.69, 9.17) is 9.84 Å². The van der Waals surface area contributed by atoms with Crippen LogP contribution in [0.1, 0.15) is 28.5 Å². The van der Waals surface area contributed by atoms with E-state index in [0.717, 1.165) is 30.8 Å². The number of morpholine rings is 1. The molecule has 212 valence electrons. The molecule has 2 aromatic carbocycles. The van der Waals surface area contributed by atoms with E-state index in [1.54, 1.807) is 12.1 Å². The van der Waals surface area contributed by atoms with Crippen LogP contribution in [0.4, 0.5) is 18.0 Å². The van der Waals surface area contributed by atoms with Gasteiger partial charge in [-0.05, 0) is 41.3 Å². The van der Waals surface area contributed by atoms with E-state index >= 15 is 0 Å². The lowest BCUT2D eigenvalue weighted by molar-refractivity contribution is -0.274. The summed E-state index contributed by atoms with van der Waals surface area (Å²) in [7, 11) is 0. The third-order valence-corrected chi connectivity index (χ3v) is 7.00. The van der Waals surface area contributed by atoms with Gasteiger partial charge in [0.2, 0.25) is 0 Å². The third kappa shape index (κ3) is 6.40. The molecule has 5 rings (SSSR count). The number of aromatic nitrogens is 1. The summed E-state index contributed by atoms with van der Waals surface area (Å²) >= 11 is 0. The first-order chi connectivity index (χ1) is 19.2. The average Bonchev–Trinajstić information content (AvgIpc) is 3.32. The van der Waals surface area contributed by atoms with E-state index < -0.39 is 12.5 Å². The van der Waals surface area contributed by atoms with Crippen molar-refractivity contribution in [3.05, 3.63) is 65.9 Å². The van der Waals surface area contributed by atoms with E-state index in [9.17, 15) is 22.8 Å². The maximum absolute atomic E-state index is 13.0. The molecule has 1 fully saturated rings. The smallest absolute Gasteiger partial charge is 0.465 e. The van der Waals surface area contributed by atoms with Crippen molar-refractivity contribution in [2.45, 2.75) is 25.4 Å². The highest BCUT2D eigenvalue weighted by molar-refractivity contribution is 5.98. The van der Waals surface area contributed by atoms with Crippen molar-refractivity contribution < 1.29 is 37.3 Å². The Morgan fingerprint density at radius 1 is 1.10 bits per heavy atom. The number of alkyl halides is 3. The second-order valence-corrected chi connectivity index (χ2v) is 9.71. The van der Waals surface area contributed by atoms with E-state index in [-0.39, 0.29) is 30.8 Å². The number of amides is 2. The number of carboxylic acid groups (broad SMARTS) is 1. The number of benzene rings is 2. The molecule has 3 heterocycles. The summed E-state index contributed by atoms with van der Waals surface area (Å²) in [5, 5.41) is 14.2. The number of carbonyl (C=O) groups excluding carboxylic acids is 1. The van der Waals surface area contributed by atoms with Crippen LogP contribution in [-0.2, 0) is 11.3 Å². The van der Waals surface area contributed by atoms with Gasteiger partial charge in [0.25, 0.3) is 5.91 Å². The van der Waals surface area contributed by atoms with Crippen LogP contribution in [0.25, 0.3) is 22.4 Å². The molecule has 12 heteroatoms. The van der Waals surface area contributed by atoms with Crippen molar-refractivity contribution in [1.29, 1.82) is 0 Å². The molecule has 2 amide bonds. The molecule has 0 radical (unpaired) electrons. The van der Waals surface area contributed by atoms with Crippen LogP contribution in [0, 0.1) is 0 Å². The highest BCUT2D eigenvalue weighted by Gasteiger charge is 2.33. The molecule has 1 atom stereocenters. The molecule has 0 bridgehead atoms. The molecule has 0 spiro atoms. The molecule has 2 aliphatic rings. The largest absolute Gasteiger partial charge is 0.573 e. The maximum Gasteiger partial charge on any atom is 0.573 e. The molecule has 3 N–H and O–H groups in total. The summed E-state index contributed by atoms with van der Waals surface area (Å²) in [6.45, 7) is 4.26. The average molecular weight is 559 g/mol. The molecule has 9 nitrogen and oxygen atoms in total. The van der Waals surface area contributed by atoms with Crippen molar-refractivity contribution in [1.82, 2.24) is 20.1 Å². The number of rotatable bonds is 8. The van der Waals surface area contributed by atoms with Crippen molar-refractivity contribution in [2.75, 3.05) is 39.4 Å². The van der Waals surface area contributed by atoms with Crippen molar-refractivity contribution >= 4 is 12.0 Å². The summed E-state index contributed by atoms with van der Waals surface area (Å²) in [5.41, 5.74) is 3.89. The molecule has 0 saturated carbocycles. The molecule has 40 heavy (non-hydrogen) atoms. The van der Waals surface area contributed by atoms with Gasteiger partial charge in [0.15, 0.2) is 0 Å². The Morgan fingerprint density at radius 2 is 1.85 bits per heavy atom. The first-order valence-corrected chi connectivity index (χ1v) is 12.9. The first-order valence-electron chi connectivity index (χ1n) is 12.9. The summed E-state index contributed by atoms with van der Waals surface area (Å²) in [4.78, 5) is 26.3. The second kappa shape index (κ2) is 11.6. The molecule has 0 unspecified atom stereocenters. The number of nitrogens with one attached hydrogen (secondary N) is 2. The minimum atomic E-state index is -4.85. The van der Waals surface area contributed by atoms with Crippen LogP contribution in [0.5, 0.6) is 5.75 Å². The van der Waals surface area contributed by atoms with Crippen LogP contribution < -0.4 is 15.4 Å². The van der Waals surface area contributed by atoms with Gasteiger partial charge in [-0.2, -0.15) is 0 Å². The van der Waals surface area contributed by atoms with Gasteiger partial charge in [0, 0.05) is 38.3 Å². The van der Waals surface area contributed by atoms with Gasteiger partial charge in [0.05, 0.1) is 24.9 Å². The number of carbonyl (C=O) groups is 2. The SMILES string of the molecule is O=C(O)NCC[C@H]1CNC(=O)c2cc(-c3cccc(OC(F)(F)F)c3)c(-c3ccc(CN4CCOCC4)cc3)n21. The van der Waals surface area contributed by atoms with Gasteiger partial charge < -0.3 is 29.8 Å². The Kier molecular flexibility index (Phi) is 7.99. The van der Waals surface area contributed by atoms with Gasteiger partial charge in [-0.25, -0.2) is 4.79 Å². The lowest BCUT2D eigenvalue weighted by Gasteiger charge is -2.29. The topological polar surface area (TPSA) is 105 Å². The van der Waals surface area contributed by atoms with Crippen LogP contribution in [0.15, 0.2) is 54.6 Å². The summed E-state index contributed by atoms with van der Waals surface area (Å²) < 4.78 is 50.3. The number of ether oxygens (including phenoxy) is 2. The molecular weight excluding hydrogens is 529 g/mol. The predicted molar refractivity (Wildman–Crippen MR) is 140 cm³/mol. The van der Waals surface area contributed by atoms with E-state index in [1.165, 1.54) is 18.2 Å². The lowest BCUT2D eigenvalue weighted by atomic mass is 9.99. The van der Waals surface area contributed by atoms with Crippen LogP contribution in [0.3, 0.4) is 0 Å². The fourth-order valence-electron chi connectivity index (χ4n) is 5.21. The van der Waals surface area contributed by atoms with Gasteiger partial charge in [-0.1, -0.05) is 36.4 Å². The zero-order valence-corrected chi connectivity index (χ0v) is 21.5. The number of halogens is 3. The standard InChI is InChI=1S/C28H29F3N4O5/c29-28(30,31)40-22-3-1-2-20(14-22)23-15-24-26(36)33-16-21(8-9-32-27(37)38)35(24)25(23)19-6-4-18(5-7-19)17-34-10-12-39-13-11-34/h1-7,14-15,21,32H,8-13,16-17H2,(H,33,36)(H,37,38)/t21-/m0/s1. The Hall–Kier alpha value is -4.03. The first kappa shape index (κ1) is 27.5. The second-order valence-electron chi connectivity index (χ2n) is 9.71. The zero-order valence-electron chi connectivity index (χ0n) is 21.5. The summed E-state index contributed by atoms with van der Waals surface area (Å²) in [5.74, 6) is -0.686. The lowest BCUT2D eigenvalue weighted by Crippen LogP contribution is -2.40. The van der Waals surface area contributed by atoms with Gasteiger partial charge in [-0.15, -0.1) is 13.2 Å². The van der Waals surface area contributed by atoms with E-state index in [2.05, 4.69) is 20.3 Å². The van der Waals surface area contributed by atoms with E-state index in [0.29, 0.717) is 42.1 Å². The van der Waals surface area contributed by atoms with Crippen molar-refractivity contribution in [2.24, 2.45) is 0 Å². The van der Waals surface area contributed by atoms with Gasteiger partial charge >= 0.3 is 12.5 Å². The fraction of sp³-hybridized carbons (Fsp3) is 0.357.